The maximum atomic E-state index is 12.3. The van der Waals surface area contributed by atoms with E-state index in [1.54, 1.807) is 12.1 Å². The van der Waals surface area contributed by atoms with E-state index < -0.39 is 5.91 Å². The molecule has 0 saturated carbocycles. The zero-order valence-electron chi connectivity index (χ0n) is 15.1. The van der Waals surface area contributed by atoms with Crippen molar-refractivity contribution in [2.45, 2.75) is 13.5 Å². The van der Waals surface area contributed by atoms with Crippen LogP contribution in [0.4, 0.5) is 5.69 Å². The molecule has 3 aromatic rings. The van der Waals surface area contributed by atoms with Gasteiger partial charge in [-0.05, 0) is 49.4 Å². The number of nitrogens with one attached hydrogen (secondary N) is 1. The molecule has 2 aromatic carbocycles. The topological polar surface area (TPSA) is 93.5 Å². The van der Waals surface area contributed by atoms with Gasteiger partial charge in [-0.15, -0.1) is 0 Å². The molecule has 0 radical (unpaired) electrons. The number of aromatic hydroxyl groups is 1. The fourth-order valence-corrected chi connectivity index (χ4v) is 2.72. The van der Waals surface area contributed by atoms with E-state index in [2.05, 4.69) is 10.3 Å². The zero-order valence-corrected chi connectivity index (χ0v) is 15.8. The number of benzene rings is 2. The number of carbonyl (C=O) groups excluding carboxylic acids is 1. The number of phenols is 1. The first-order valence-electron chi connectivity index (χ1n) is 8.54. The molecule has 0 saturated heterocycles. The van der Waals surface area contributed by atoms with Gasteiger partial charge in [0, 0.05) is 16.7 Å². The van der Waals surface area contributed by atoms with Crippen LogP contribution in [0.15, 0.2) is 59.7 Å². The van der Waals surface area contributed by atoms with Gasteiger partial charge in [0.2, 0.25) is 5.91 Å². The highest BCUT2D eigenvalue weighted by Gasteiger charge is 2.10. The lowest BCUT2D eigenvalue weighted by atomic mass is 10.1. The van der Waals surface area contributed by atoms with Gasteiger partial charge in [-0.25, -0.2) is 4.98 Å². The van der Waals surface area contributed by atoms with Gasteiger partial charge < -0.3 is 15.2 Å². The Labute approximate surface area is 166 Å². The third-order valence-corrected chi connectivity index (χ3v) is 4.12. The molecule has 3 rings (SSSR count). The Bertz CT molecular complexity index is 1050. The van der Waals surface area contributed by atoms with Gasteiger partial charge in [0.1, 0.15) is 18.0 Å². The van der Waals surface area contributed by atoms with Crippen LogP contribution >= 0.6 is 11.6 Å². The number of amides is 1. The predicted molar refractivity (Wildman–Crippen MR) is 107 cm³/mol. The van der Waals surface area contributed by atoms with Gasteiger partial charge in [0.25, 0.3) is 5.56 Å². The summed E-state index contributed by atoms with van der Waals surface area (Å²) in [6.45, 7) is 2.23. The van der Waals surface area contributed by atoms with Crippen LogP contribution in [0, 0.1) is 0 Å². The van der Waals surface area contributed by atoms with E-state index in [9.17, 15) is 14.7 Å². The van der Waals surface area contributed by atoms with Crippen LogP contribution in [-0.2, 0) is 11.3 Å². The molecule has 28 heavy (non-hydrogen) atoms. The normalized spacial score (nSPS) is 10.5. The van der Waals surface area contributed by atoms with Crippen molar-refractivity contribution >= 4 is 23.2 Å². The van der Waals surface area contributed by atoms with Crippen molar-refractivity contribution in [3.05, 3.63) is 70.2 Å². The summed E-state index contributed by atoms with van der Waals surface area (Å²) >= 11 is 5.85. The Kier molecular flexibility index (Phi) is 5.96. The summed E-state index contributed by atoms with van der Waals surface area (Å²) in [5.74, 6) is 0.130. The maximum Gasteiger partial charge on any atom is 0.254 e. The molecular weight excluding hydrogens is 382 g/mol. The van der Waals surface area contributed by atoms with E-state index in [0.29, 0.717) is 17.3 Å². The second-order valence-corrected chi connectivity index (χ2v) is 6.34. The largest absolute Gasteiger partial charge is 0.506 e. The van der Waals surface area contributed by atoms with E-state index in [0.717, 1.165) is 11.3 Å². The summed E-state index contributed by atoms with van der Waals surface area (Å²) in [6.07, 6.45) is 1.31. The Morgan fingerprint density at radius 1 is 1.21 bits per heavy atom. The second kappa shape index (κ2) is 8.58. The van der Waals surface area contributed by atoms with Crippen LogP contribution in [-0.4, -0.2) is 27.2 Å². The molecule has 0 aliphatic rings. The third-order valence-electron chi connectivity index (χ3n) is 3.89. The molecule has 0 spiro atoms. The Hall–Kier alpha value is -3.32. The van der Waals surface area contributed by atoms with Crippen LogP contribution in [0.25, 0.3) is 11.3 Å². The van der Waals surface area contributed by atoms with Crippen LogP contribution in [0.3, 0.4) is 0 Å². The van der Waals surface area contributed by atoms with Crippen LogP contribution in [0.2, 0.25) is 5.02 Å². The van der Waals surface area contributed by atoms with Gasteiger partial charge in [-0.3, -0.25) is 14.2 Å². The molecule has 1 heterocycles. The second-order valence-electron chi connectivity index (χ2n) is 5.91. The van der Waals surface area contributed by atoms with Crippen LogP contribution < -0.4 is 15.6 Å². The highest BCUT2D eigenvalue weighted by atomic mass is 35.5. The number of phenolic OH excluding ortho intramolecular Hbond substituents is 1. The first-order valence-corrected chi connectivity index (χ1v) is 8.92. The quantitative estimate of drug-likeness (QED) is 0.620. The number of hydrogen-bond acceptors (Lipinski definition) is 5. The number of hydrogen-bond donors (Lipinski definition) is 2. The van der Waals surface area contributed by atoms with Crippen molar-refractivity contribution in [3.8, 4) is 22.8 Å². The zero-order chi connectivity index (χ0) is 20.1. The summed E-state index contributed by atoms with van der Waals surface area (Å²) in [5.41, 5.74) is 1.06. The Morgan fingerprint density at radius 2 is 1.96 bits per heavy atom. The molecule has 1 amide bonds. The number of anilines is 1. The summed E-state index contributed by atoms with van der Waals surface area (Å²) in [6, 6.07) is 12.9. The number of ether oxygens (including phenoxy) is 1. The third kappa shape index (κ3) is 4.69. The molecule has 2 N–H and O–H groups in total. The van der Waals surface area contributed by atoms with Crippen molar-refractivity contribution in [3.63, 3.8) is 0 Å². The number of carbonyl (C=O) groups is 1. The van der Waals surface area contributed by atoms with Gasteiger partial charge >= 0.3 is 0 Å². The lowest BCUT2D eigenvalue weighted by Crippen LogP contribution is -2.27. The minimum Gasteiger partial charge on any atom is -0.506 e. The standard InChI is InChI=1S/C20H18ClN3O4/c1-2-28-15-6-3-13(4-7-15)16-10-20(27)24(12-22-16)11-19(26)23-17-9-14(21)5-8-18(17)25/h3-10,12,25H,2,11H2,1H3,(H,23,26). The van der Waals surface area contributed by atoms with E-state index in [-0.39, 0.29) is 23.5 Å². The van der Waals surface area contributed by atoms with Crippen molar-refractivity contribution in [1.29, 1.82) is 0 Å². The minimum atomic E-state index is -0.490. The van der Waals surface area contributed by atoms with Crippen LogP contribution in [0.1, 0.15) is 6.92 Å². The number of halogens is 1. The monoisotopic (exact) mass is 399 g/mol. The molecular formula is C20H18ClN3O4. The SMILES string of the molecule is CCOc1ccc(-c2cc(=O)n(CC(=O)Nc3cc(Cl)ccc3O)cn2)cc1. The van der Waals surface area contributed by atoms with E-state index in [1.165, 1.54) is 35.2 Å². The summed E-state index contributed by atoms with van der Waals surface area (Å²) in [4.78, 5) is 28.8. The van der Waals surface area contributed by atoms with Gasteiger partial charge in [-0.2, -0.15) is 0 Å². The molecule has 0 atom stereocenters. The lowest BCUT2D eigenvalue weighted by Gasteiger charge is -2.10. The molecule has 7 nitrogen and oxygen atoms in total. The molecule has 0 fully saturated rings. The average Bonchev–Trinajstić information content (AvgIpc) is 2.67. The van der Waals surface area contributed by atoms with E-state index >= 15 is 0 Å². The Balaban J connectivity index is 1.72. The van der Waals surface area contributed by atoms with Crippen LogP contribution in [0.5, 0.6) is 11.5 Å². The predicted octanol–water partition coefficient (Wildman–Crippen LogP) is 3.31. The average molecular weight is 400 g/mol. The lowest BCUT2D eigenvalue weighted by molar-refractivity contribution is -0.116. The fraction of sp³-hybridized carbons (Fsp3) is 0.150. The first-order chi connectivity index (χ1) is 13.5. The number of nitrogens with zero attached hydrogens (tertiary/aromatic N) is 2. The minimum absolute atomic E-state index is 0.117. The van der Waals surface area contributed by atoms with Crippen molar-refractivity contribution < 1.29 is 14.6 Å². The summed E-state index contributed by atoms with van der Waals surface area (Å²) in [7, 11) is 0. The van der Waals surface area contributed by atoms with Gasteiger partial charge in [0.15, 0.2) is 0 Å². The maximum absolute atomic E-state index is 12.3. The number of aromatic nitrogens is 2. The fourth-order valence-electron chi connectivity index (χ4n) is 2.54. The summed E-state index contributed by atoms with van der Waals surface area (Å²) in [5, 5.41) is 12.6. The van der Waals surface area contributed by atoms with Crippen molar-refractivity contribution in [2.75, 3.05) is 11.9 Å². The molecule has 0 aliphatic heterocycles. The highest BCUT2D eigenvalue weighted by Crippen LogP contribution is 2.26. The first kappa shape index (κ1) is 19.4. The molecule has 144 valence electrons. The molecule has 0 bridgehead atoms. The van der Waals surface area contributed by atoms with Gasteiger partial charge in [0.05, 0.1) is 24.3 Å². The van der Waals surface area contributed by atoms with E-state index in [4.69, 9.17) is 16.3 Å². The molecule has 8 heteroatoms. The molecule has 1 aromatic heterocycles. The van der Waals surface area contributed by atoms with E-state index in [1.807, 2.05) is 19.1 Å². The smallest absolute Gasteiger partial charge is 0.254 e. The summed E-state index contributed by atoms with van der Waals surface area (Å²) < 4.78 is 6.57. The Morgan fingerprint density at radius 3 is 2.64 bits per heavy atom. The molecule has 0 unspecified atom stereocenters. The van der Waals surface area contributed by atoms with Crippen molar-refractivity contribution in [2.24, 2.45) is 0 Å². The van der Waals surface area contributed by atoms with Gasteiger partial charge in [-0.1, -0.05) is 11.6 Å². The molecule has 0 aliphatic carbocycles. The highest BCUT2D eigenvalue weighted by molar-refractivity contribution is 6.31. The number of rotatable bonds is 6. The van der Waals surface area contributed by atoms with Crippen molar-refractivity contribution in [1.82, 2.24) is 9.55 Å².